The molecule has 0 saturated heterocycles. The molecule has 0 aliphatic rings. The van der Waals surface area contributed by atoms with Crippen molar-refractivity contribution in [2.24, 2.45) is 0 Å². The summed E-state index contributed by atoms with van der Waals surface area (Å²) in [5.74, 6) is -1.41. The van der Waals surface area contributed by atoms with Crippen LogP contribution >= 0.6 is 15.9 Å². The normalized spacial score (nSPS) is 13.9. The van der Waals surface area contributed by atoms with Gasteiger partial charge in [0.05, 0.1) is 22.2 Å². The summed E-state index contributed by atoms with van der Waals surface area (Å²) in [6, 6.07) is 3.42. The molecule has 0 aliphatic heterocycles. The number of aromatic carboxylic acids is 1. The summed E-state index contributed by atoms with van der Waals surface area (Å²) in [6.07, 6.45) is -3.00. The van der Waals surface area contributed by atoms with E-state index in [1.54, 1.807) is 0 Å². The van der Waals surface area contributed by atoms with Gasteiger partial charge in [0.1, 0.15) is 6.10 Å². The molecular weight excluding hydrogens is 310 g/mol. The fourth-order valence-electron chi connectivity index (χ4n) is 1.49. The highest BCUT2D eigenvalue weighted by Gasteiger charge is 2.30. The number of rotatable bonds is 5. The predicted octanol–water partition coefficient (Wildman–Crippen LogP) is 1.08. The Morgan fingerprint density at radius 2 is 2.06 bits per heavy atom. The Hall–Kier alpha value is -1.51. The van der Waals surface area contributed by atoms with Crippen molar-refractivity contribution < 1.29 is 25.0 Å². The van der Waals surface area contributed by atoms with E-state index in [1.165, 1.54) is 6.07 Å². The van der Waals surface area contributed by atoms with E-state index >= 15 is 0 Å². The first kappa shape index (κ1) is 14.6. The molecule has 8 heteroatoms. The number of carboxylic acid groups (broad SMARTS) is 1. The van der Waals surface area contributed by atoms with Crippen LogP contribution < -0.4 is 0 Å². The van der Waals surface area contributed by atoms with Gasteiger partial charge in [0, 0.05) is 11.4 Å². The maximum absolute atomic E-state index is 11.0. The largest absolute Gasteiger partial charge is 0.478 e. The monoisotopic (exact) mass is 319 g/mol. The quantitative estimate of drug-likeness (QED) is 0.424. The number of hydrogen-bond donors (Lipinski definition) is 3. The van der Waals surface area contributed by atoms with Gasteiger partial charge in [0.25, 0.3) is 5.69 Å². The van der Waals surface area contributed by atoms with Gasteiger partial charge >= 0.3 is 5.97 Å². The third-order valence-corrected chi connectivity index (χ3v) is 2.99. The van der Waals surface area contributed by atoms with Crippen LogP contribution in [0, 0.1) is 10.1 Å². The molecule has 18 heavy (non-hydrogen) atoms. The summed E-state index contributed by atoms with van der Waals surface area (Å²) in [7, 11) is 0. The average Bonchev–Trinajstić information content (AvgIpc) is 2.35. The van der Waals surface area contributed by atoms with Crippen molar-refractivity contribution in [3.05, 3.63) is 39.4 Å². The molecule has 1 aromatic rings. The number of nitro groups is 1. The van der Waals surface area contributed by atoms with Crippen LogP contribution in [-0.4, -0.2) is 37.6 Å². The van der Waals surface area contributed by atoms with Crippen molar-refractivity contribution in [2.45, 2.75) is 12.2 Å². The maximum atomic E-state index is 11.0. The van der Waals surface area contributed by atoms with E-state index in [2.05, 4.69) is 15.9 Å². The number of nitro benzene ring substituents is 1. The van der Waals surface area contributed by atoms with Crippen LogP contribution in [-0.2, 0) is 0 Å². The van der Waals surface area contributed by atoms with E-state index in [9.17, 15) is 25.1 Å². The SMILES string of the molecule is O=C(O)c1cccc([N+](=O)[O-])c1C(O)C(O)CBr. The van der Waals surface area contributed by atoms with Crippen LogP contribution in [0.2, 0.25) is 0 Å². The van der Waals surface area contributed by atoms with Gasteiger partial charge in [0.2, 0.25) is 0 Å². The number of aliphatic hydroxyl groups excluding tert-OH is 2. The Morgan fingerprint density at radius 1 is 1.44 bits per heavy atom. The molecule has 0 heterocycles. The molecule has 0 aliphatic carbocycles. The van der Waals surface area contributed by atoms with Gasteiger partial charge in [-0.1, -0.05) is 22.0 Å². The lowest BCUT2D eigenvalue weighted by molar-refractivity contribution is -0.386. The molecule has 0 radical (unpaired) electrons. The number of nitrogens with zero attached hydrogens (tertiary/aromatic N) is 1. The second kappa shape index (κ2) is 5.89. The zero-order valence-corrected chi connectivity index (χ0v) is 10.6. The molecule has 0 spiro atoms. The van der Waals surface area contributed by atoms with Crippen molar-refractivity contribution in [3.8, 4) is 0 Å². The van der Waals surface area contributed by atoms with E-state index in [1.807, 2.05) is 0 Å². The topological polar surface area (TPSA) is 121 Å². The number of halogens is 1. The standard InChI is InChI=1S/C10H10BrNO6/c11-4-7(13)9(14)8-5(10(15)16)2-1-3-6(8)12(17)18/h1-3,7,9,13-14H,4H2,(H,15,16). The van der Waals surface area contributed by atoms with Crippen LogP contribution in [0.3, 0.4) is 0 Å². The fraction of sp³-hybridized carbons (Fsp3) is 0.300. The first-order chi connectivity index (χ1) is 8.40. The van der Waals surface area contributed by atoms with E-state index in [0.29, 0.717) is 0 Å². The van der Waals surface area contributed by atoms with Gasteiger partial charge in [-0.15, -0.1) is 0 Å². The second-order valence-corrected chi connectivity index (χ2v) is 4.11. The lowest BCUT2D eigenvalue weighted by atomic mass is 9.97. The van der Waals surface area contributed by atoms with E-state index < -0.39 is 39.9 Å². The molecule has 2 atom stereocenters. The highest BCUT2D eigenvalue weighted by molar-refractivity contribution is 9.09. The van der Waals surface area contributed by atoms with Crippen molar-refractivity contribution in [3.63, 3.8) is 0 Å². The molecule has 3 N–H and O–H groups in total. The van der Waals surface area contributed by atoms with Gasteiger partial charge in [-0.3, -0.25) is 10.1 Å². The molecule has 0 bridgehead atoms. The minimum atomic E-state index is -1.66. The third kappa shape index (κ3) is 2.84. The number of hydrogen-bond acceptors (Lipinski definition) is 5. The molecule has 1 aromatic carbocycles. The Kier molecular flexibility index (Phi) is 4.76. The first-order valence-electron chi connectivity index (χ1n) is 4.82. The Morgan fingerprint density at radius 3 is 2.50 bits per heavy atom. The van der Waals surface area contributed by atoms with Crippen molar-refractivity contribution in [1.82, 2.24) is 0 Å². The summed E-state index contributed by atoms with van der Waals surface area (Å²) < 4.78 is 0. The summed E-state index contributed by atoms with van der Waals surface area (Å²) >= 11 is 2.91. The Bertz CT molecular complexity index is 445. The molecule has 0 aromatic heterocycles. The molecule has 98 valence electrons. The van der Waals surface area contributed by atoms with Crippen molar-refractivity contribution in [1.29, 1.82) is 0 Å². The molecule has 0 saturated carbocycles. The summed E-state index contributed by atoms with van der Waals surface area (Å²) in [4.78, 5) is 21.0. The Balaban J connectivity index is 3.44. The van der Waals surface area contributed by atoms with Crippen LogP contribution in [0.25, 0.3) is 0 Å². The Labute approximate surface area is 110 Å². The van der Waals surface area contributed by atoms with Gasteiger partial charge in [0.15, 0.2) is 0 Å². The highest BCUT2D eigenvalue weighted by Crippen LogP contribution is 2.31. The molecule has 0 fully saturated rings. The zero-order chi connectivity index (χ0) is 13.9. The molecule has 0 amide bonds. The average molecular weight is 320 g/mol. The fourth-order valence-corrected chi connectivity index (χ4v) is 1.84. The second-order valence-electron chi connectivity index (χ2n) is 3.47. The van der Waals surface area contributed by atoms with E-state index in [-0.39, 0.29) is 5.33 Å². The minimum Gasteiger partial charge on any atom is -0.478 e. The number of aliphatic hydroxyl groups is 2. The van der Waals surface area contributed by atoms with Crippen molar-refractivity contribution in [2.75, 3.05) is 5.33 Å². The first-order valence-corrected chi connectivity index (χ1v) is 5.95. The van der Waals surface area contributed by atoms with Crippen LogP contribution in [0.15, 0.2) is 18.2 Å². The predicted molar refractivity (Wildman–Crippen MR) is 64.8 cm³/mol. The number of carbonyl (C=O) groups is 1. The molecule has 1 rings (SSSR count). The summed E-state index contributed by atoms with van der Waals surface area (Å²) in [5, 5.41) is 39.0. The van der Waals surface area contributed by atoms with Gasteiger partial charge < -0.3 is 15.3 Å². The molecule has 2 unspecified atom stereocenters. The third-order valence-electron chi connectivity index (χ3n) is 2.33. The molecule has 7 nitrogen and oxygen atoms in total. The number of carboxylic acids is 1. The highest BCUT2D eigenvalue weighted by atomic mass is 79.9. The lowest BCUT2D eigenvalue weighted by Gasteiger charge is -2.17. The van der Waals surface area contributed by atoms with Gasteiger partial charge in [-0.2, -0.15) is 0 Å². The smallest absolute Gasteiger partial charge is 0.336 e. The maximum Gasteiger partial charge on any atom is 0.336 e. The van der Waals surface area contributed by atoms with Crippen LogP contribution in [0.5, 0.6) is 0 Å². The number of benzene rings is 1. The van der Waals surface area contributed by atoms with Crippen LogP contribution in [0.1, 0.15) is 22.0 Å². The van der Waals surface area contributed by atoms with E-state index in [4.69, 9.17) is 5.11 Å². The number of alkyl halides is 1. The summed E-state index contributed by atoms with van der Waals surface area (Å²) in [5.41, 5.74) is -1.35. The van der Waals surface area contributed by atoms with E-state index in [0.717, 1.165) is 12.1 Å². The zero-order valence-electron chi connectivity index (χ0n) is 8.99. The summed E-state index contributed by atoms with van der Waals surface area (Å²) in [6.45, 7) is 0. The van der Waals surface area contributed by atoms with Gasteiger partial charge in [-0.25, -0.2) is 4.79 Å². The van der Waals surface area contributed by atoms with Crippen molar-refractivity contribution >= 4 is 27.6 Å². The molecular formula is C10H10BrNO6. The van der Waals surface area contributed by atoms with Crippen LogP contribution in [0.4, 0.5) is 5.69 Å². The van der Waals surface area contributed by atoms with Gasteiger partial charge in [-0.05, 0) is 6.07 Å². The lowest BCUT2D eigenvalue weighted by Crippen LogP contribution is -2.23. The minimum absolute atomic E-state index is 0.0424.